The van der Waals surface area contributed by atoms with Gasteiger partial charge in [0.25, 0.3) is 5.91 Å². The molecule has 1 amide bonds. The average molecular weight is 248 g/mol. The number of hydrogen-bond acceptors (Lipinski definition) is 4. The number of rotatable bonds is 3. The van der Waals surface area contributed by atoms with Crippen molar-refractivity contribution in [1.82, 2.24) is 10.3 Å². The van der Waals surface area contributed by atoms with Gasteiger partial charge in [-0.1, -0.05) is 12.8 Å². The molecule has 0 unspecified atom stereocenters. The van der Waals surface area contributed by atoms with Gasteiger partial charge in [0.15, 0.2) is 0 Å². The lowest BCUT2D eigenvalue weighted by Crippen LogP contribution is -2.33. The Morgan fingerprint density at radius 1 is 1.39 bits per heavy atom. The van der Waals surface area contributed by atoms with Gasteiger partial charge in [-0.25, -0.2) is 4.79 Å². The summed E-state index contributed by atoms with van der Waals surface area (Å²) < 4.78 is 4.61. The van der Waals surface area contributed by atoms with Crippen molar-refractivity contribution in [2.75, 3.05) is 7.11 Å². The SMILES string of the molecule is COC(=O)c1ccnc(C(=O)NC2CCCC2)c1. The van der Waals surface area contributed by atoms with Gasteiger partial charge >= 0.3 is 5.97 Å². The number of aromatic nitrogens is 1. The Hall–Kier alpha value is -1.91. The second-order valence-electron chi connectivity index (χ2n) is 4.38. The van der Waals surface area contributed by atoms with Crippen molar-refractivity contribution in [3.8, 4) is 0 Å². The van der Waals surface area contributed by atoms with E-state index in [1.807, 2.05) is 0 Å². The zero-order chi connectivity index (χ0) is 13.0. The molecule has 1 aromatic heterocycles. The van der Waals surface area contributed by atoms with Crippen molar-refractivity contribution in [2.24, 2.45) is 0 Å². The summed E-state index contributed by atoms with van der Waals surface area (Å²) in [5.74, 6) is -0.694. The second kappa shape index (κ2) is 5.62. The van der Waals surface area contributed by atoms with E-state index >= 15 is 0 Å². The van der Waals surface area contributed by atoms with Gasteiger partial charge < -0.3 is 10.1 Å². The zero-order valence-electron chi connectivity index (χ0n) is 10.3. The lowest BCUT2D eigenvalue weighted by atomic mass is 10.2. The highest BCUT2D eigenvalue weighted by Gasteiger charge is 2.19. The molecule has 0 atom stereocenters. The molecule has 1 aliphatic rings. The van der Waals surface area contributed by atoms with Gasteiger partial charge in [-0.05, 0) is 25.0 Å². The van der Waals surface area contributed by atoms with Crippen molar-refractivity contribution >= 4 is 11.9 Å². The number of carbonyl (C=O) groups is 2. The molecule has 5 nitrogen and oxygen atoms in total. The Bertz CT molecular complexity index is 453. The molecular weight excluding hydrogens is 232 g/mol. The number of esters is 1. The molecule has 18 heavy (non-hydrogen) atoms. The molecule has 0 saturated heterocycles. The summed E-state index contributed by atoms with van der Waals surface area (Å²) in [6.45, 7) is 0. The highest BCUT2D eigenvalue weighted by atomic mass is 16.5. The van der Waals surface area contributed by atoms with E-state index in [0.29, 0.717) is 5.56 Å². The molecule has 0 bridgehead atoms. The molecule has 0 aromatic carbocycles. The third-order valence-corrected chi connectivity index (χ3v) is 3.10. The van der Waals surface area contributed by atoms with Crippen LogP contribution in [0, 0.1) is 0 Å². The molecule has 0 radical (unpaired) electrons. The predicted octanol–water partition coefficient (Wildman–Crippen LogP) is 1.54. The van der Waals surface area contributed by atoms with Crippen molar-refractivity contribution in [2.45, 2.75) is 31.7 Å². The van der Waals surface area contributed by atoms with Gasteiger partial charge in [0.05, 0.1) is 12.7 Å². The van der Waals surface area contributed by atoms with Gasteiger partial charge in [-0.2, -0.15) is 0 Å². The standard InChI is InChI=1S/C13H16N2O3/c1-18-13(17)9-6-7-14-11(8-9)12(16)15-10-4-2-3-5-10/h6-8,10H,2-5H2,1H3,(H,15,16). The normalized spacial score (nSPS) is 15.4. The summed E-state index contributed by atoms with van der Waals surface area (Å²) in [4.78, 5) is 27.3. The summed E-state index contributed by atoms with van der Waals surface area (Å²) in [6.07, 6.45) is 5.78. The molecule has 1 heterocycles. The molecule has 0 aliphatic heterocycles. The molecule has 1 fully saturated rings. The maximum atomic E-state index is 11.9. The van der Waals surface area contributed by atoms with Crippen LogP contribution >= 0.6 is 0 Å². The van der Waals surface area contributed by atoms with Crippen molar-refractivity contribution in [3.05, 3.63) is 29.6 Å². The smallest absolute Gasteiger partial charge is 0.337 e. The number of pyridine rings is 1. The van der Waals surface area contributed by atoms with Crippen LogP contribution in [0.25, 0.3) is 0 Å². The van der Waals surface area contributed by atoms with Crippen LogP contribution in [0.4, 0.5) is 0 Å². The fourth-order valence-corrected chi connectivity index (χ4v) is 2.13. The van der Waals surface area contributed by atoms with Crippen LogP contribution < -0.4 is 5.32 Å². The molecule has 2 rings (SSSR count). The van der Waals surface area contributed by atoms with Crippen LogP contribution in [0.3, 0.4) is 0 Å². The van der Waals surface area contributed by atoms with Crippen LogP contribution in [0.1, 0.15) is 46.5 Å². The minimum absolute atomic E-state index is 0.229. The molecule has 5 heteroatoms. The number of nitrogens with one attached hydrogen (secondary N) is 1. The van der Waals surface area contributed by atoms with Gasteiger partial charge in [0, 0.05) is 12.2 Å². The van der Waals surface area contributed by atoms with E-state index < -0.39 is 5.97 Å². The summed E-state index contributed by atoms with van der Waals surface area (Å²) in [5.41, 5.74) is 0.592. The van der Waals surface area contributed by atoms with Crippen molar-refractivity contribution in [3.63, 3.8) is 0 Å². The lowest BCUT2D eigenvalue weighted by molar-refractivity contribution is 0.0600. The Morgan fingerprint density at radius 3 is 2.78 bits per heavy atom. The summed E-state index contributed by atoms with van der Waals surface area (Å²) in [6, 6.07) is 3.22. The molecular formula is C13H16N2O3. The maximum Gasteiger partial charge on any atom is 0.337 e. The summed E-state index contributed by atoms with van der Waals surface area (Å²) >= 11 is 0. The number of carbonyl (C=O) groups excluding carboxylic acids is 2. The van der Waals surface area contributed by atoms with Gasteiger partial charge in [-0.15, -0.1) is 0 Å². The first-order chi connectivity index (χ1) is 8.70. The highest BCUT2D eigenvalue weighted by molar-refractivity contribution is 5.96. The molecule has 0 spiro atoms. The van der Waals surface area contributed by atoms with E-state index in [1.54, 1.807) is 0 Å². The molecule has 96 valence electrons. The Morgan fingerprint density at radius 2 is 2.11 bits per heavy atom. The first-order valence-corrected chi connectivity index (χ1v) is 6.06. The Labute approximate surface area is 106 Å². The number of nitrogens with zero attached hydrogens (tertiary/aromatic N) is 1. The third-order valence-electron chi connectivity index (χ3n) is 3.10. The van der Waals surface area contributed by atoms with Gasteiger partial charge in [0.1, 0.15) is 5.69 Å². The lowest BCUT2D eigenvalue weighted by Gasteiger charge is -2.11. The van der Waals surface area contributed by atoms with Crippen LogP contribution in [0.2, 0.25) is 0 Å². The Balaban J connectivity index is 2.07. The fourth-order valence-electron chi connectivity index (χ4n) is 2.13. The van der Waals surface area contributed by atoms with E-state index in [0.717, 1.165) is 25.7 Å². The van der Waals surface area contributed by atoms with E-state index in [9.17, 15) is 9.59 Å². The number of amides is 1. The molecule has 1 aromatic rings. The topological polar surface area (TPSA) is 68.3 Å². The monoisotopic (exact) mass is 248 g/mol. The minimum Gasteiger partial charge on any atom is -0.465 e. The van der Waals surface area contributed by atoms with E-state index in [4.69, 9.17) is 0 Å². The molecule has 1 saturated carbocycles. The van der Waals surface area contributed by atoms with Crippen LogP contribution in [0.5, 0.6) is 0 Å². The fraction of sp³-hybridized carbons (Fsp3) is 0.462. The summed E-state index contributed by atoms with van der Waals surface area (Å²) in [5, 5.41) is 2.93. The third kappa shape index (κ3) is 2.85. The minimum atomic E-state index is -0.465. The molecule has 1 N–H and O–H groups in total. The maximum absolute atomic E-state index is 11.9. The van der Waals surface area contributed by atoms with Crippen LogP contribution in [-0.2, 0) is 4.74 Å². The van der Waals surface area contributed by atoms with E-state index in [2.05, 4.69) is 15.0 Å². The number of ether oxygens (including phenoxy) is 1. The van der Waals surface area contributed by atoms with Crippen molar-refractivity contribution < 1.29 is 14.3 Å². The first-order valence-electron chi connectivity index (χ1n) is 6.06. The predicted molar refractivity (Wildman–Crippen MR) is 65.3 cm³/mol. The van der Waals surface area contributed by atoms with Gasteiger partial charge in [-0.3, -0.25) is 9.78 Å². The van der Waals surface area contributed by atoms with E-state index in [-0.39, 0.29) is 17.6 Å². The van der Waals surface area contributed by atoms with Crippen LogP contribution in [-0.4, -0.2) is 30.0 Å². The quantitative estimate of drug-likeness (QED) is 0.824. The van der Waals surface area contributed by atoms with Crippen LogP contribution in [0.15, 0.2) is 18.3 Å². The molecule has 1 aliphatic carbocycles. The first kappa shape index (κ1) is 12.5. The highest BCUT2D eigenvalue weighted by Crippen LogP contribution is 2.18. The Kier molecular flexibility index (Phi) is 3.92. The zero-order valence-corrected chi connectivity index (χ0v) is 10.3. The average Bonchev–Trinajstić information content (AvgIpc) is 2.90. The van der Waals surface area contributed by atoms with E-state index in [1.165, 1.54) is 25.4 Å². The second-order valence-corrected chi connectivity index (χ2v) is 4.38. The largest absolute Gasteiger partial charge is 0.465 e. The summed E-state index contributed by atoms with van der Waals surface area (Å²) in [7, 11) is 1.31. The number of methoxy groups -OCH3 is 1. The van der Waals surface area contributed by atoms with Gasteiger partial charge in [0.2, 0.25) is 0 Å². The number of hydrogen-bond donors (Lipinski definition) is 1. The van der Waals surface area contributed by atoms with Crippen molar-refractivity contribution in [1.29, 1.82) is 0 Å².